The molecule has 0 unspecified atom stereocenters. The Morgan fingerprint density at radius 1 is 1.38 bits per heavy atom. The molecule has 6 heteroatoms. The highest BCUT2D eigenvalue weighted by Gasteiger charge is 2.22. The van der Waals surface area contributed by atoms with Crippen molar-refractivity contribution in [3.63, 3.8) is 0 Å². The first-order valence-electron chi connectivity index (χ1n) is 7.18. The van der Waals surface area contributed by atoms with Crippen molar-refractivity contribution in [3.05, 3.63) is 33.9 Å². The molecule has 1 aliphatic heterocycles. The fraction of sp³-hybridized carbons (Fsp3) is 0.533. The number of aliphatic hydroxyl groups is 1. The lowest BCUT2D eigenvalue weighted by molar-refractivity contribution is -0.384. The van der Waals surface area contributed by atoms with E-state index < -0.39 is 5.92 Å². The molecule has 112 valence electrons. The van der Waals surface area contributed by atoms with E-state index >= 15 is 0 Å². The Labute approximate surface area is 123 Å². The van der Waals surface area contributed by atoms with Gasteiger partial charge >= 0.3 is 0 Å². The predicted molar refractivity (Wildman–Crippen MR) is 79.1 cm³/mol. The van der Waals surface area contributed by atoms with Crippen LogP contribution in [-0.2, 0) is 6.42 Å². The highest BCUT2D eigenvalue weighted by molar-refractivity contribution is 5.64. The van der Waals surface area contributed by atoms with E-state index in [2.05, 4.69) is 4.90 Å². The summed E-state index contributed by atoms with van der Waals surface area (Å²) in [6.07, 6.45) is 3.61. The third-order valence-electron chi connectivity index (χ3n) is 3.82. The van der Waals surface area contributed by atoms with Gasteiger partial charge in [0.05, 0.1) is 23.5 Å². The molecule has 1 aromatic rings. The molecule has 0 saturated carbocycles. The van der Waals surface area contributed by atoms with Crippen LogP contribution in [0.3, 0.4) is 0 Å². The maximum atomic E-state index is 11.3. The van der Waals surface area contributed by atoms with Crippen LogP contribution in [-0.4, -0.2) is 29.7 Å². The smallest absolute Gasteiger partial charge is 0.292 e. The Kier molecular flexibility index (Phi) is 5.12. The second kappa shape index (κ2) is 7.04. The van der Waals surface area contributed by atoms with Crippen molar-refractivity contribution in [1.82, 2.24) is 0 Å². The van der Waals surface area contributed by atoms with Crippen LogP contribution in [0.4, 0.5) is 11.4 Å². The molecule has 0 aromatic heterocycles. The van der Waals surface area contributed by atoms with Gasteiger partial charge in [0.25, 0.3) is 5.69 Å². The van der Waals surface area contributed by atoms with Crippen LogP contribution in [0.5, 0.6) is 0 Å². The zero-order chi connectivity index (χ0) is 15.2. The van der Waals surface area contributed by atoms with Gasteiger partial charge in [0.15, 0.2) is 0 Å². The Hall–Kier alpha value is -2.13. The van der Waals surface area contributed by atoms with Crippen molar-refractivity contribution in [1.29, 1.82) is 5.26 Å². The molecule has 1 N–H and O–H groups in total. The number of piperidine rings is 1. The minimum Gasteiger partial charge on any atom is -0.395 e. The van der Waals surface area contributed by atoms with Gasteiger partial charge in [0.2, 0.25) is 0 Å². The summed E-state index contributed by atoms with van der Waals surface area (Å²) in [5.74, 6) is -0.523. The summed E-state index contributed by atoms with van der Waals surface area (Å²) in [6, 6.07) is 7.11. The highest BCUT2D eigenvalue weighted by Crippen LogP contribution is 2.31. The van der Waals surface area contributed by atoms with Gasteiger partial charge in [-0.2, -0.15) is 5.26 Å². The summed E-state index contributed by atoms with van der Waals surface area (Å²) in [5.41, 5.74) is 1.45. The first-order valence-corrected chi connectivity index (χ1v) is 7.18. The van der Waals surface area contributed by atoms with E-state index in [1.54, 1.807) is 6.07 Å². The Morgan fingerprint density at radius 2 is 2.10 bits per heavy atom. The zero-order valence-electron chi connectivity index (χ0n) is 11.9. The number of anilines is 1. The van der Waals surface area contributed by atoms with Crippen LogP contribution in [0.2, 0.25) is 0 Å². The maximum absolute atomic E-state index is 11.3. The van der Waals surface area contributed by atoms with E-state index in [1.807, 2.05) is 12.1 Å². The number of aliphatic hydroxyl groups excluding tert-OH is 1. The number of nitro groups is 1. The molecule has 1 saturated heterocycles. The topological polar surface area (TPSA) is 90.4 Å². The van der Waals surface area contributed by atoms with Crippen molar-refractivity contribution in [2.24, 2.45) is 5.92 Å². The van der Waals surface area contributed by atoms with E-state index in [-0.39, 0.29) is 17.2 Å². The standard InChI is InChI=1S/C15H19N3O3/c16-10-13(11-19)8-12-4-5-14(15(9-12)18(20)21)17-6-2-1-3-7-17/h4-5,9,13,19H,1-3,6-8,11H2/t13-/m1/s1. The Bertz CT molecular complexity index is 548. The molecule has 0 bridgehead atoms. The third kappa shape index (κ3) is 3.70. The lowest BCUT2D eigenvalue weighted by atomic mass is 10.00. The van der Waals surface area contributed by atoms with Crippen molar-refractivity contribution in [2.75, 3.05) is 24.6 Å². The maximum Gasteiger partial charge on any atom is 0.292 e. The van der Waals surface area contributed by atoms with Crippen LogP contribution < -0.4 is 4.90 Å². The molecule has 0 radical (unpaired) electrons. The first-order chi connectivity index (χ1) is 10.2. The van der Waals surface area contributed by atoms with Crippen LogP contribution in [0.25, 0.3) is 0 Å². The number of benzene rings is 1. The molecule has 21 heavy (non-hydrogen) atoms. The fourth-order valence-electron chi connectivity index (χ4n) is 2.68. The lowest BCUT2D eigenvalue weighted by Gasteiger charge is -2.28. The van der Waals surface area contributed by atoms with Gasteiger partial charge in [-0.3, -0.25) is 10.1 Å². The summed E-state index contributed by atoms with van der Waals surface area (Å²) in [7, 11) is 0. The van der Waals surface area contributed by atoms with Gasteiger partial charge in [-0.25, -0.2) is 0 Å². The van der Waals surface area contributed by atoms with E-state index in [0.29, 0.717) is 17.7 Å². The molecule has 0 amide bonds. The predicted octanol–water partition coefficient (Wildman–Crippen LogP) is 2.26. The van der Waals surface area contributed by atoms with Crippen molar-refractivity contribution >= 4 is 11.4 Å². The highest BCUT2D eigenvalue weighted by atomic mass is 16.6. The van der Waals surface area contributed by atoms with Gasteiger partial charge in [-0.15, -0.1) is 0 Å². The van der Waals surface area contributed by atoms with Gasteiger partial charge in [0.1, 0.15) is 5.69 Å². The number of hydrogen-bond donors (Lipinski definition) is 1. The van der Waals surface area contributed by atoms with Crippen molar-refractivity contribution in [3.8, 4) is 6.07 Å². The quantitative estimate of drug-likeness (QED) is 0.663. The average Bonchev–Trinajstić information content (AvgIpc) is 2.53. The van der Waals surface area contributed by atoms with E-state index in [9.17, 15) is 10.1 Å². The minimum absolute atomic E-state index is 0.0871. The third-order valence-corrected chi connectivity index (χ3v) is 3.82. The number of nitriles is 1. The number of rotatable bonds is 5. The molecule has 6 nitrogen and oxygen atoms in total. The largest absolute Gasteiger partial charge is 0.395 e. The molecule has 1 fully saturated rings. The molecule has 1 aliphatic rings. The molecular formula is C15H19N3O3. The Balaban J connectivity index is 2.26. The second-order valence-corrected chi connectivity index (χ2v) is 5.34. The zero-order valence-corrected chi connectivity index (χ0v) is 11.9. The summed E-state index contributed by atoms with van der Waals surface area (Å²) >= 11 is 0. The monoisotopic (exact) mass is 289 g/mol. The van der Waals surface area contributed by atoms with E-state index in [1.165, 1.54) is 12.5 Å². The molecular weight excluding hydrogens is 270 g/mol. The molecule has 1 heterocycles. The second-order valence-electron chi connectivity index (χ2n) is 5.34. The van der Waals surface area contributed by atoms with Gasteiger partial charge in [0, 0.05) is 19.2 Å². The molecule has 2 rings (SSSR count). The first kappa shape index (κ1) is 15.3. The van der Waals surface area contributed by atoms with Crippen molar-refractivity contribution in [2.45, 2.75) is 25.7 Å². The molecule has 0 aliphatic carbocycles. The molecule has 1 aromatic carbocycles. The van der Waals surface area contributed by atoms with Crippen LogP contribution in [0.1, 0.15) is 24.8 Å². The van der Waals surface area contributed by atoms with Gasteiger partial charge in [-0.05, 0) is 37.3 Å². The summed E-state index contributed by atoms with van der Waals surface area (Å²) in [5, 5.41) is 29.2. The SMILES string of the molecule is N#C[C@H](CO)Cc1ccc(N2CCCCC2)c([N+](=O)[O-])c1. The van der Waals surface area contributed by atoms with Gasteiger partial charge in [-0.1, -0.05) is 6.07 Å². The normalized spacial score (nSPS) is 16.3. The van der Waals surface area contributed by atoms with Crippen LogP contribution in [0.15, 0.2) is 18.2 Å². The average molecular weight is 289 g/mol. The van der Waals surface area contributed by atoms with Crippen LogP contribution >= 0.6 is 0 Å². The summed E-state index contributed by atoms with van der Waals surface area (Å²) in [6.45, 7) is 1.45. The molecule has 0 spiro atoms. The van der Waals surface area contributed by atoms with Gasteiger partial charge < -0.3 is 10.0 Å². The number of nitrogens with zero attached hydrogens (tertiary/aromatic N) is 3. The summed E-state index contributed by atoms with van der Waals surface area (Å²) in [4.78, 5) is 13.0. The van der Waals surface area contributed by atoms with Crippen LogP contribution in [0, 0.1) is 27.4 Å². The summed E-state index contributed by atoms with van der Waals surface area (Å²) < 4.78 is 0. The van der Waals surface area contributed by atoms with E-state index in [0.717, 1.165) is 25.9 Å². The minimum atomic E-state index is -0.523. The van der Waals surface area contributed by atoms with Crippen molar-refractivity contribution < 1.29 is 10.0 Å². The molecule has 1 atom stereocenters. The Morgan fingerprint density at radius 3 is 2.67 bits per heavy atom. The number of hydrogen-bond acceptors (Lipinski definition) is 5. The fourth-order valence-corrected chi connectivity index (χ4v) is 2.68. The number of nitro benzene ring substituents is 1. The lowest BCUT2D eigenvalue weighted by Crippen LogP contribution is -2.30. The van der Waals surface area contributed by atoms with E-state index in [4.69, 9.17) is 10.4 Å².